The number of hydrogen-bond acceptors (Lipinski definition) is 4. The number of rotatable bonds is 4. The molecule has 0 aromatic heterocycles. The van der Waals surface area contributed by atoms with Crippen LogP contribution in [0.1, 0.15) is 20.7 Å². The van der Waals surface area contributed by atoms with Crippen LogP contribution in [0.3, 0.4) is 0 Å². The van der Waals surface area contributed by atoms with E-state index < -0.39 is 24.4 Å². The fourth-order valence-corrected chi connectivity index (χ4v) is 3.43. The van der Waals surface area contributed by atoms with Gasteiger partial charge in [-0.25, -0.2) is 9.69 Å². The summed E-state index contributed by atoms with van der Waals surface area (Å²) in [6.07, 6.45) is 0. The van der Waals surface area contributed by atoms with Crippen LogP contribution in [0, 0.1) is 0 Å². The lowest BCUT2D eigenvalue weighted by Crippen LogP contribution is -2.29. The second-order valence-corrected chi connectivity index (χ2v) is 6.64. The van der Waals surface area contributed by atoms with Crippen molar-refractivity contribution in [3.8, 4) is 5.75 Å². The molecule has 1 aliphatic heterocycles. The Morgan fingerprint density at radius 2 is 1.35 bits per heavy atom. The summed E-state index contributed by atoms with van der Waals surface area (Å²) >= 11 is 24.1. The molecule has 0 unspecified atom stereocenters. The van der Waals surface area contributed by atoms with Crippen molar-refractivity contribution in [1.29, 1.82) is 0 Å². The Balaban J connectivity index is 1.99. The summed E-state index contributed by atoms with van der Waals surface area (Å²) < 4.78 is 5.01. The van der Waals surface area contributed by atoms with Crippen LogP contribution >= 0.6 is 46.4 Å². The van der Waals surface area contributed by atoms with Gasteiger partial charge in [-0.05, 0) is 24.3 Å². The summed E-state index contributed by atoms with van der Waals surface area (Å²) in [5, 5.41) is 8.06. The van der Waals surface area contributed by atoms with E-state index in [1.165, 1.54) is 24.3 Å². The van der Waals surface area contributed by atoms with E-state index >= 15 is 0 Å². The summed E-state index contributed by atoms with van der Waals surface area (Å²) in [5.74, 6) is -2.27. The molecule has 2 aromatic carbocycles. The van der Waals surface area contributed by atoms with E-state index in [0.717, 1.165) is 4.90 Å². The van der Waals surface area contributed by atoms with Crippen molar-refractivity contribution < 1.29 is 24.2 Å². The smallest absolute Gasteiger partial charge is 0.341 e. The minimum atomic E-state index is -1.13. The summed E-state index contributed by atoms with van der Waals surface area (Å²) in [6.45, 7) is -0.519. The first-order chi connectivity index (χ1) is 12.2. The number of amides is 2. The van der Waals surface area contributed by atoms with E-state index in [0.29, 0.717) is 0 Å². The number of benzene rings is 2. The van der Waals surface area contributed by atoms with Crippen molar-refractivity contribution in [2.24, 2.45) is 0 Å². The molecule has 134 valence electrons. The van der Waals surface area contributed by atoms with Crippen molar-refractivity contribution >= 4 is 69.9 Å². The Kier molecular flexibility index (Phi) is 5.03. The van der Waals surface area contributed by atoms with Gasteiger partial charge >= 0.3 is 5.97 Å². The molecule has 0 saturated carbocycles. The van der Waals surface area contributed by atoms with Gasteiger partial charge in [-0.2, -0.15) is 0 Å². The summed E-state index contributed by atoms with van der Waals surface area (Å²) in [5.41, 5.74) is -0.0252. The van der Waals surface area contributed by atoms with Crippen LogP contribution in [0.5, 0.6) is 5.75 Å². The van der Waals surface area contributed by atoms with Gasteiger partial charge in [0.25, 0.3) is 11.8 Å². The molecule has 0 saturated heterocycles. The first kappa shape index (κ1) is 18.8. The van der Waals surface area contributed by atoms with Gasteiger partial charge in [0.1, 0.15) is 5.75 Å². The molecule has 2 aromatic rings. The van der Waals surface area contributed by atoms with Gasteiger partial charge in [0.05, 0.1) is 36.9 Å². The van der Waals surface area contributed by atoms with Crippen molar-refractivity contribution in [3.63, 3.8) is 0 Å². The number of imide groups is 1. The number of carbonyl (C=O) groups is 3. The molecule has 3 rings (SSSR count). The number of carboxylic acids is 1. The van der Waals surface area contributed by atoms with Crippen LogP contribution in [0.4, 0.5) is 5.69 Å². The third kappa shape index (κ3) is 2.99. The number of halogens is 4. The van der Waals surface area contributed by atoms with Crippen LogP contribution in [-0.2, 0) is 4.79 Å². The van der Waals surface area contributed by atoms with Crippen LogP contribution in [0.2, 0.25) is 20.1 Å². The standard InChI is InChI=1S/C16H7Cl4NO5/c17-11-9-10(12(18)14(20)13(11)19)16(25)21(15(9)24)6-1-3-7(4-2-6)26-5-8(22)23/h1-4H,5H2,(H,22,23). The van der Waals surface area contributed by atoms with Gasteiger partial charge in [-0.15, -0.1) is 0 Å². The van der Waals surface area contributed by atoms with Crippen LogP contribution in [0.25, 0.3) is 0 Å². The summed E-state index contributed by atoms with van der Waals surface area (Å²) in [4.78, 5) is 36.8. The second kappa shape index (κ2) is 6.96. The minimum Gasteiger partial charge on any atom is -0.482 e. The molecule has 1 N–H and O–H groups in total. The quantitative estimate of drug-likeness (QED) is 0.433. The summed E-state index contributed by atoms with van der Waals surface area (Å²) in [6, 6.07) is 5.68. The number of nitrogens with zero attached hydrogens (tertiary/aromatic N) is 1. The number of hydrogen-bond donors (Lipinski definition) is 1. The highest BCUT2D eigenvalue weighted by atomic mass is 35.5. The number of aliphatic carboxylic acids is 1. The van der Waals surface area contributed by atoms with Crippen LogP contribution < -0.4 is 9.64 Å². The molecule has 6 nitrogen and oxygen atoms in total. The van der Waals surface area contributed by atoms with E-state index in [-0.39, 0.29) is 42.7 Å². The van der Waals surface area contributed by atoms with E-state index in [1.807, 2.05) is 0 Å². The Hall–Kier alpha value is -1.99. The molecule has 0 aliphatic carbocycles. The van der Waals surface area contributed by atoms with Gasteiger partial charge in [0.15, 0.2) is 6.61 Å². The predicted molar refractivity (Wildman–Crippen MR) is 97.2 cm³/mol. The zero-order valence-electron chi connectivity index (χ0n) is 12.6. The van der Waals surface area contributed by atoms with Gasteiger partial charge < -0.3 is 9.84 Å². The molecular weight excluding hydrogens is 428 g/mol. The van der Waals surface area contributed by atoms with Crippen molar-refractivity contribution in [2.45, 2.75) is 0 Å². The molecule has 0 spiro atoms. The Morgan fingerprint density at radius 3 is 1.77 bits per heavy atom. The predicted octanol–water partition coefficient (Wildman–Crippen LogP) is 4.56. The molecule has 26 heavy (non-hydrogen) atoms. The summed E-state index contributed by atoms with van der Waals surface area (Å²) in [7, 11) is 0. The largest absolute Gasteiger partial charge is 0.482 e. The molecule has 2 amide bonds. The highest BCUT2D eigenvalue weighted by molar-refractivity contribution is 6.56. The monoisotopic (exact) mass is 433 g/mol. The lowest BCUT2D eigenvalue weighted by atomic mass is 10.1. The lowest BCUT2D eigenvalue weighted by molar-refractivity contribution is -0.139. The topological polar surface area (TPSA) is 83.9 Å². The highest BCUT2D eigenvalue weighted by Crippen LogP contribution is 2.45. The maximum atomic E-state index is 12.7. The Morgan fingerprint density at radius 1 is 0.885 bits per heavy atom. The second-order valence-electron chi connectivity index (χ2n) is 5.13. The van der Waals surface area contributed by atoms with E-state index in [1.54, 1.807) is 0 Å². The van der Waals surface area contributed by atoms with E-state index in [9.17, 15) is 14.4 Å². The molecule has 1 heterocycles. The Labute approximate surface area is 166 Å². The number of anilines is 1. The van der Waals surface area contributed by atoms with E-state index in [2.05, 4.69) is 0 Å². The van der Waals surface area contributed by atoms with Gasteiger partial charge in [0.2, 0.25) is 0 Å². The van der Waals surface area contributed by atoms with Gasteiger partial charge in [0, 0.05) is 0 Å². The third-order valence-electron chi connectivity index (χ3n) is 3.56. The van der Waals surface area contributed by atoms with Crippen molar-refractivity contribution in [2.75, 3.05) is 11.5 Å². The molecule has 10 heteroatoms. The zero-order valence-corrected chi connectivity index (χ0v) is 15.6. The van der Waals surface area contributed by atoms with Gasteiger partial charge in [-0.3, -0.25) is 9.59 Å². The number of fused-ring (bicyclic) bond motifs is 1. The molecule has 0 bridgehead atoms. The fourth-order valence-electron chi connectivity index (χ4n) is 2.42. The van der Waals surface area contributed by atoms with Gasteiger partial charge in [-0.1, -0.05) is 46.4 Å². The van der Waals surface area contributed by atoms with Crippen molar-refractivity contribution in [3.05, 3.63) is 55.5 Å². The number of carbonyl (C=O) groups excluding carboxylic acids is 2. The maximum Gasteiger partial charge on any atom is 0.341 e. The third-order valence-corrected chi connectivity index (χ3v) is 5.36. The number of carboxylic acid groups (broad SMARTS) is 1. The van der Waals surface area contributed by atoms with E-state index in [4.69, 9.17) is 56.2 Å². The molecule has 1 aliphatic rings. The molecule has 0 atom stereocenters. The zero-order chi connectivity index (χ0) is 19.2. The van der Waals surface area contributed by atoms with Crippen LogP contribution in [0.15, 0.2) is 24.3 Å². The Bertz CT molecular complexity index is 911. The first-order valence-electron chi connectivity index (χ1n) is 6.93. The average Bonchev–Trinajstić information content (AvgIpc) is 2.87. The van der Waals surface area contributed by atoms with Crippen molar-refractivity contribution in [1.82, 2.24) is 0 Å². The highest BCUT2D eigenvalue weighted by Gasteiger charge is 2.42. The number of ether oxygens (including phenoxy) is 1. The first-order valence-corrected chi connectivity index (χ1v) is 8.44. The SMILES string of the molecule is O=C(O)COc1ccc(N2C(=O)c3c(Cl)c(Cl)c(Cl)c(Cl)c3C2=O)cc1. The maximum absolute atomic E-state index is 12.7. The molecule has 0 fully saturated rings. The minimum absolute atomic E-state index is 0.113. The normalized spacial score (nSPS) is 13.2. The average molecular weight is 435 g/mol. The lowest BCUT2D eigenvalue weighted by Gasteiger charge is -2.14. The fraction of sp³-hybridized carbons (Fsp3) is 0.0625. The molecule has 0 radical (unpaired) electrons. The molecular formula is C16H7Cl4NO5. The van der Waals surface area contributed by atoms with Crippen LogP contribution in [-0.4, -0.2) is 29.5 Å².